The molecule has 0 aromatic heterocycles. The molecule has 0 aromatic rings. The summed E-state index contributed by atoms with van der Waals surface area (Å²) in [6.45, 7) is 10.6. The van der Waals surface area contributed by atoms with E-state index in [0.29, 0.717) is 26.0 Å². The number of esters is 1. The lowest BCUT2D eigenvalue weighted by molar-refractivity contribution is -0.137. The Labute approximate surface area is 224 Å². The summed E-state index contributed by atoms with van der Waals surface area (Å²) in [7, 11) is 0. The van der Waals surface area contributed by atoms with Crippen molar-refractivity contribution in [1.29, 1.82) is 0 Å². The fraction of sp³-hybridized carbons (Fsp3) is 0.760. The van der Waals surface area contributed by atoms with Gasteiger partial charge in [-0.1, -0.05) is 33.8 Å². The van der Waals surface area contributed by atoms with Crippen molar-refractivity contribution in [3.05, 3.63) is 12.2 Å². The summed E-state index contributed by atoms with van der Waals surface area (Å²) in [4.78, 5) is 55.7. The Balaban J connectivity index is 2.98. The maximum Gasteiger partial charge on any atom is 0.407 e. The van der Waals surface area contributed by atoms with Crippen LogP contribution in [0.5, 0.6) is 0 Å². The van der Waals surface area contributed by atoms with Crippen LogP contribution in [0.2, 0.25) is 0 Å². The second kappa shape index (κ2) is 18.0. The third-order valence-electron chi connectivity index (χ3n) is 5.61. The molecule has 0 aliphatic carbocycles. The minimum atomic E-state index is -0.906. The molecule has 0 aromatic carbocycles. The zero-order valence-electron chi connectivity index (χ0n) is 22.5. The van der Waals surface area contributed by atoms with Crippen molar-refractivity contribution >= 4 is 35.5 Å². The number of hydrogen-bond acceptors (Lipinski definition) is 8. The lowest BCUT2D eigenvalue weighted by Crippen LogP contribution is -2.56. The molecule has 0 radical (unpaired) electrons. The van der Waals surface area contributed by atoms with Crippen LogP contribution in [-0.4, -0.2) is 74.2 Å². The van der Waals surface area contributed by atoms with Crippen LogP contribution in [0.1, 0.15) is 53.9 Å². The molecule has 212 valence electrons. The van der Waals surface area contributed by atoms with Crippen molar-refractivity contribution in [2.75, 3.05) is 32.2 Å². The van der Waals surface area contributed by atoms with Crippen LogP contribution in [0.25, 0.3) is 0 Å². The van der Waals surface area contributed by atoms with Crippen LogP contribution in [0, 0.1) is 17.8 Å². The second-order valence-electron chi connectivity index (χ2n) is 9.70. The lowest BCUT2D eigenvalue weighted by Gasteiger charge is -2.29. The van der Waals surface area contributed by atoms with Crippen LogP contribution >= 0.6 is 11.6 Å². The average molecular weight is 547 g/mol. The van der Waals surface area contributed by atoms with E-state index in [1.165, 1.54) is 6.08 Å². The monoisotopic (exact) mass is 546 g/mol. The van der Waals surface area contributed by atoms with Crippen molar-refractivity contribution < 1.29 is 33.5 Å². The summed E-state index contributed by atoms with van der Waals surface area (Å²) in [5, 5.41) is 8.29. The largest absolute Gasteiger partial charge is 0.463 e. The molecule has 1 aliphatic heterocycles. The van der Waals surface area contributed by atoms with Crippen molar-refractivity contribution in [3.63, 3.8) is 0 Å². The first-order chi connectivity index (χ1) is 17.6. The molecule has 1 fully saturated rings. The standard InChI is InChI=1S/C25H43ClN4O7/c1-6-35-21(31)8-7-19(14-18-9-11-27-37-15-18)28-23(32)20(13-16(2)3)29-24(33)22(17(4)5)30-25(34)36-12-10-26/h7-8,16-20,22,27H,6,9-15H2,1-5H3,(H,28,32)(H,29,33)(H,30,34)/b8-7+/t18-,19+,20-,22-/m0/s1. The highest BCUT2D eigenvalue weighted by Gasteiger charge is 2.31. The van der Waals surface area contributed by atoms with Crippen LogP contribution < -0.4 is 21.4 Å². The van der Waals surface area contributed by atoms with Gasteiger partial charge in [0.1, 0.15) is 18.7 Å². The molecule has 1 aliphatic rings. The molecule has 4 N–H and O–H groups in total. The van der Waals surface area contributed by atoms with Gasteiger partial charge in [-0.3, -0.25) is 9.59 Å². The van der Waals surface area contributed by atoms with Gasteiger partial charge < -0.3 is 30.3 Å². The van der Waals surface area contributed by atoms with Gasteiger partial charge in [0.25, 0.3) is 0 Å². The molecule has 1 heterocycles. The summed E-state index contributed by atoms with van der Waals surface area (Å²) in [5.74, 6) is -1.23. The molecular formula is C25H43ClN4O7. The molecule has 0 spiro atoms. The number of amides is 3. The maximum atomic E-state index is 13.3. The zero-order valence-corrected chi connectivity index (χ0v) is 23.3. The van der Waals surface area contributed by atoms with Gasteiger partial charge in [-0.25, -0.2) is 15.1 Å². The highest BCUT2D eigenvalue weighted by Crippen LogP contribution is 2.16. The number of nitrogens with one attached hydrogen (secondary N) is 4. The van der Waals surface area contributed by atoms with E-state index in [1.54, 1.807) is 26.8 Å². The van der Waals surface area contributed by atoms with Gasteiger partial charge in [-0.15, -0.1) is 11.6 Å². The fourth-order valence-corrected chi connectivity index (χ4v) is 3.87. The van der Waals surface area contributed by atoms with Gasteiger partial charge >= 0.3 is 12.1 Å². The van der Waals surface area contributed by atoms with Gasteiger partial charge in [0, 0.05) is 18.7 Å². The van der Waals surface area contributed by atoms with E-state index in [-0.39, 0.29) is 42.8 Å². The number of halogens is 1. The second-order valence-corrected chi connectivity index (χ2v) is 10.1. The number of alkyl carbamates (subject to hydrolysis) is 1. The minimum Gasteiger partial charge on any atom is -0.463 e. The Bertz CT molecular complexity index is 757. The summed E-state index contributed by atoms with van der Waals surface area (Å²) in [5.41, 5.74) is 2.83. The molecule has 0 unspecified atom stereocenters. The maximum absolute atomic E-state index is 13.3. The third kappa shape index (κ3) is 13.7. The van der Waals surface area contributed by atoms with E-state index in [4.69, 9.17) is 25.9 Å². The van der Waals surface area contributed by atoms with Gasteiger partial charge in [0.15, 0.2) is 0 Å². The predicted octanol–water partition coefficient (Wildman–Crippen LogP) is 2.04. The predicted molar refractivity (Wildman–Crippen MR) is 140 cm³/mol. The number of rotatable bonds is 15. The van der Waals surface area contributed by atoms with Crippen LogP contribution in [0.4, 0.5) is 4.79 Å². The van der Waals surface area contributed by atoms with Crippen molar-refractivity contribution in [1.82, 2.24) is 21.4 Å². The summed E-state index contributed by atoms with van der Waals surface area (Å²) >= 11 is 5.55. The first-order valence-electron chi connectivity index (χ1n) is 12.9. The summed E-state index contributed by atoms with van der Waals surface area (Å²) in [6.07, 6.45) is 3.94. The van der Waals surface area contributed by atoms with Crippen LogP contribution in [0.15, 0.2) is 12.2 Å². The molecular weight excluding hydrogens is 504 g/mol. The van der Waals surface area contributed by atoms with E-state index in [0.717, 1.165) is 6.42 Å². The molecule has 11 nitrogen and oxygen atoms in total. The van der Waals surface area contributed by atoms with Gasteiger partial charge in [-0.05, 0) is 43.9 Å². The van der Waals surface area contributed by atoms with Crippen LogP contribution in [0.3, 0.4) is 0 Å². The van der Waals surface area contributed by atoms with Crippen molar-refractivity contribution in [2.24, 2.45) is 17.8 Å². The van der Waals surface area contributed by atoms with Crippen molar-refractivity contribution in [2.45, 2.75) is 72.0 Å². The highest BCUT2D eigenvalue weighted by atomic mass is 35.5. The Morgan fingerprint density at radius 3 is 2.38 bits per heavy atom. The first kappa shape index (κ1) is 32.7. The van der Waals surface area contributed by atoms with E-state index >= 15 is 0 Å². The SMILES string of the molecule is CCOC(=O)/C=C/[C@H](C[C@@H]1CCNOC1)NC(=O)[C@H](CC(C)C)NC(=O)[C@@H](NC(=O)OCCCl)C(C)C. The smallest absolute Gasteiger partial charge is 0.407 e. The molecule has 12 heteroatoms. The molecule has 4 atom stereocenters. The number of hydrogen-bond donors (Lipinski definition) is 4. The van der Waals surface area contributed by atoms with E-state index in [1.807, 2.05) is 13.8 Å². The Hall–Kier alpha value is -2.37. The molecule has 37 heavy (non-hydrogen) atoms. The Morgan fingerprint density at radius 1 is 1.08 bits per heavy atom. The minimum absolute atomic E-state index is 0.0149. The third-order valence-corrected chi connectivity index (χ3v) is 5.77. The molecule has 1 saturated heterocycles. The number of alkyl halides is 1. The topological polar surface area (TPSA) is 144 Å². The Kier molecular flexibility index (Phi) is 15.9. The van der Waals surface area contributed by atoms with E-state index in [9.17, 15) is 19.2 Å². The summed E-state index contributed by atoms with van der Waals surface area (Å²) < 4.78 is 9.89. The van der Waals surface area contributed by atoms with E-state index < -0.39 is 36.1 Å². The normalized spacial score (nSPS) is 18.2. The zero-order chi connectivity index (χ0) is 27.8. The molecule has 1 rings (SSSR count). The number of carbonyl (C=O) groups excluding carboxylic acids is 4. The number of ether oxygens (including phenoxy) is 2. The molecule has 3 amide bonds. The van der Waals surface area contributed by atoms with Gasteiger partial charge in [-0.2, -0.15) is 0 Å². The molecule has 0 bridgehead atoms. The fourth-order valence-electron chi connectivity index (χ4n) is 3.79. The number of carbonyl (C=O) groups is 4. The van der Waals surface area contributed by atoms with Crippen molar-refractivity contribution in [3.8, 4) is 0 Å². The lowest BCUT2D eigenvalue weighted by atomic mass is 9.95. The quantitative estimate of drug-likeness (QED) is 0.139. The highest BCUT2D eigenvalue weighted by molar-refractivity contribution is 6.18. The first-order valence-corrected chi connectivity index (χ1v) is 13.4. The molecule has 0 saturated carbocycles. The van der Waals surface area contributed by atoms with Gasteiger partial charge in [0.05, 0.1) is 19.1 Å². The van der Waals surface area contributed by atoms with Crippen LogP contribution in [-0.2, 0) is 28.7 Å². The number of hydroxylamine groups is 1. The Morgan fingerprint density at radius 2 is 1.81 bits per heavy atom. The summed E-state index contributed by atoms with van der Waals surface area (Å²) in [6, 6.07) is -2.23. The van der Waals surface area contributed by atoms with E-state index in [2.05, 4.69) is 21.4 Å². The average Bonchev–Trinajstić information content (AvgIpc) is 2.84. The van der Waals surface area contributed by atoms with Gasteiger partial charge in [0.2, 0.25) is 11.8 Å².